The number of unbranched alkanes of at least 4 members (excludes halogenated alkanes) is 1. The molecule has 0 spiro atoms. The maximum absolute atomic E-state index is 13.7. The zero-order chi connectivity index (χ0) is 28.9. The molecule has 1 saturated heterocycles. The van der Waals surface area contributed by atoms with Crippen LogP contribution in [0.2, 0.25) is 0 Å². The first-order chi connectivity index (χ1) is 20.0. The monoisotopic (exact) mass is 572 g/mol. The highest BCUT2D eigenvalue weighted by Crippen LogP contribution is 2.46. The molecule has 4 aromatic rings. The molecule has 0 saturated carbocycles. The predicted octanol–water partition coefficient (Wildman–Crippen LogP) is 6.90. The summed E-state index contributed by atoms with van der Waals surface area (Å²) in [6.45, 7) is 7.33. The zero-order valence-electron chi connectivity index (χ0n) is 23.3. The molecule has 1 aliphatic heterocycles. The summed E-state index contributed by atoms with van der Waals surface area (Å²) in [6.07, 6.45) is 1.89. The quantitative estimate of drug-likeness (QED) is 0.0904. The van der Waals surface area contributed by atoms with Gasteiger partial charge in [-0.15, -0.1) is 0 Å². The summed E-state index contributed by atoms with van der Waals surface area (Å²) in [5, 5.41) is 11.7. The van der Waals surface area contributed by atoms with E-state index in [-0.39, 0.29) is 11.3 Å². The fourth-order valence-electron chi connectivity index (χ4n) is 4.76. The first kappa shape index (κ1) is 28.2. The third-order valence-electron chi connectivity index (χ3n) is 6.70. The van der Waals surface area contributed by atoms with E-state index >= 15 is 0 Å². The highest BCUT2D eigenvalue weighted by molar-refractivity contribution is 7.22. The Morgan fingerprint density at radius 2 is 1.71 bits per heavy atom. The van der Waals surface area contributed by atoms with Crippen molar-refractivity contribution in [1.82, 2.24) is 4.98 Å². The number of rotatable bonds is 11. The minimum Gasteiger partial charge on any atom is -0.507 e. The van der Waals surface area contributed by atoms with Crippen molar-refractivity contribution < 1.29 is 28.9 Å². The van der Waals surface area contributed by atoms with Crippen LogP contribution in [0.3, 0.4) is 0 Å². The highest BCUT2D eigenvalue weighted by Gasteiger charge is 2.48. The molecule has 1 aromatic heterocycles. The molecule has 3 aromatic carbocycles. The van der Waals surface area contributed by atoms with Crippen molar-refractivity contribution in [2.75, 3.05) is 24.7 Å². The Morgan fingerprint density at radius 3 is 2.44 bits per heavy atom. The Hall–Kier alpha value is -4.37. The molecule has 2 heterocycles. The van der Waals surface area contributed by atoms with Crippen LogP contribution in [-0.4, -0.2) is 41.6 Å². The Morgan fingerprint density at radius 1 is 0.927 bits per heavy atom. The van der Waals surface area contributed by atoms with Crippen LogP contribution >= 0.6 is 11.3 Å². The number of aliphatic hydroxyl groups excluding tert-OH is 1. The zero-order valence-corrected chi connectivity index (χ0v) is 24.1. The van der Waals surface area contributed by atoms with Gasteiger partial charge in [-0.2, -0.15) is 0 Å². The van der Waals surface area contributed by atoms with Gasteiger partial charge in [0, 0.05) is 5.56 Å². The molecular weight excluding hydrogens is 540 g/mol. The van der Waals surface area contributed by atoms with Gasteiger partial charge < -0.3 is 19.3 Å². The van der Waals surface area contributed by atoms with Crippen molar-refractivity contribution in [3.63, 3.8) is 0 Å². The summed E-state index contributed by atoms with van der Waals surface area (Å²) in [4.78, 5) is 33.3. The van der Waals surface area contributed by atoms with Crippen LogP contribution in [0.5, 0.6) is 17.2 Å². The van der Waals surface area contributed by atoms with E-state index in [2.05, 4.69) is 6.92 Å². The van der Waals surface area contributed by atoms with E-state index in [1.165, 1.54) is 16.2 Å². The van der Waals surface area contributed by atoms with Crippen LogP contribution in [-0.2, 0) is 9.59 Å². The van der Waals surface area contributed by atoms with Gasteiger partial charge in [0.2, 0.25) is 0 Å². The second kappa shape index (κ2) is 12.4. The smallest absolute Gasteiger partial charge is 0.301 e. The largest absolute Gasteiger partial charge is 0.507 e. The average molecular weight is 573 g/mol. The maximum Gasteiger partial charge on any atom is 0.301 e. The molecule has 1 fully saturated rings. The number of hydrogen-bond acceptors (Lipinski definition) is 8. The van der Waals surface area contributed by atoms with E-state index in [1.807, 2.05) is 38.1 Å². The predicted molar refractivity (Wildman–Crippen MR) is 160 cm³/mol. The van der Waals surface area contributed by atoms with E-state index in [1.54, 1.807) is 42.5 Å². The average Bonchev–Trinajstić information content (AvgIpc) is 3.52. The van der Waals surface area contributed by atoms with Crippen molar-refractivity contribution in [3.8, 4) is 17.2 Å². The summed E-state index contributed by atoms with van der Waals surface area (Å²) in [7, 11) is 0. The fraction of sp³-hybridized carbons (Fsp3) is 0.281. The number of benzene rings is 3. The molecular formula is C32H32N2O6S. The molecule has 1 amide bonds. The van der Waals surface area contributed by atoms with Gasteiger partial charge in [-0.25, -0.2) is 4.98 Å². The number of Topliss-reactive ketones (excluding diaryl/α,β-unsaturated/α-hetero) is 1. The molecule has 0 radical (unpaired) electrons. The van der Waals surface area contributed by atoms with E-state index in [4.69, 9.17) is 19.2 Å². The number of carbonyl (C=O) groups is 2. The Kier molecular flexibility index (Phi) is 8.54. The van der Waals surface area contributed by atoms with Crippen LogP contribution in [0.4, 0.5) is 5.13 Å². The highest BCUT2D eigenvalue weighted by atomic mass is 32.1. The van der Waals surface area contributed by atoms with Crippen LogP contribution in [0.15, 0.2) is 72.3 Å². The number of hydrogen-bond donors (Lipinski definition) is 1. The number of fused-ring (bicyclic) bond motifs is 1. The molecule has 9 heteroatoms. The number of thiazole rings is 1. The molecule has 0 aliphatic carbocycles. The normalized spacial score (nSPS) is 16.4. The minimum absolute atomic E-state index is 0.0161. The lowest BCUT2D eigenvalue weighted by Gasteiger charge is -2.24. The van der Waals surface area contributed by atoms with Gasteiger partial charge in [0.05, 0.1) is 41.7 Å². The molecule has 1 unspecified atom stereocenters. The van der Waals surface area contributed by atoms with Crippen molar-refractivity contribution in [2.24, 2.45) is 0 Å². The topological polar surface area (TPSA) is 98.2 Å². The van der Waals surface area contributed by atoms with Crippen molar-refractivity contribution >= 4 is 44.1 Å². The van der Waals surface area contributed by atoms with Gasteiger partial charge in [-0.3, -0.25) is 14.5 Å². The van der Waals surface area contributed by atoms with Gasteiger partial charge in [0.25, 0.3) is 5.78 Å². The third-order valence-corrected chi connectivity index (χ3v) is 7.71. The van der Waals surface area contributed by atoms with Crippen LogP contribution < -0.4 is 19.1 Å². The standard InChI is InChI=1S/C32H32N2O6S/c1-4-7-17-40-24-16-13-21(18-25(24)39-6-3)28-27(29(35)20-11-9-8-10-12-20)30(36)31(37)34(28)32-33-23-15-14-22(38-5-2)19-26(23)41-32/h8-16,18-19,28,35H,4-7,17H2,1-3H3/b29-27+. The molecule has 1 aliphatic rings. The third kappa shape index (κ3) is 5.63. The van der Waals surface area contributed by atoms with Gasteiger partial charge >= 0.3 is 5.91 Å². The van der Waals surface area contributed by atoms with Crippen molar-refractivity contribution in [1.29, 1.82) is 0 Å². The lowest BCUT2D eigenvalue weighted by atomic mass is 9.95. The summed E-state index contributed by atoms with van der Waals surface area (Å²) in [5.74, 6) is -0.0375. The van der Waals surface area contributed by atoms with Crippen LogP contribution in [0.1, 0.15) is 50.8 Å². The first-order valence-electron chi connectivity index (χ1n) is 13.8. The fourth-order valence-corrected chi connectivity index (χ4v) is 5.78. The van der Waals surface area contributed by atoms with Crippen LogP contribution in [0, 0.1) is 0 Å². The van der Waals surface area contributed by atoms with Crippen molar-refractivity contribution in [3.05, 3.63) is 83.4 Å². The lowest BCUT2D eigenvalue weighted by Crippen LogP contribution is -2.29. The number of ketones is 1. The number of carbonyl (C=O) groups excluding carboxylic acids is 2. The van der Waals surface area contributed by atoms with E-state index in [0.717, 1.165) is 17.5 Å². The molecule has 212 valence electrons. The number of anilines is 1. The number of amides is 1. The number of nitrogens with zero attached hydrogens (tertiary/aromatic N) is 2. The molecule has 1 N–H and O–H groups in total. The van der Waals surface area contributed by atoms with E-state index in [9.17, 15) is 14.7 Å². The Bertz CT molecular complexity index is 1600. The van der Waals surface area contributed by atoms with Gasteiger partial charge in [-0.1, -0.05) is 61.1 Å². The second-order valence-corrected chi connectivity index (χ2v) is 10.4. The van der Waals surface area contributed by atoms with Gasteiger partial charge in [0.1, 0.15) is 11.5 Å². The lowest BCUT2D eigenvalue weighted by molar-refractivity contribution is -0.132. The van der Waals surface area contributed by atoms with E-state index < -0.39 is 17.7 Å². The molecule has 41 heavy (non-hydrogen) atoms. The van der Waals surface area contributed by atoms with Gasteiger partial charge in [0.15, 0.2) is 16.6 Å². The minimum atomic E-state index is -0.939. The molecule has 5 rings (SSSR count). The van der Waals surface area contributed by atoms with Crippen molar-refractivity contribution in [2.45, 2.75) is 39.7 Å². The van der Waals surface area contributed by atoms with E-state index in [0.29, 0.717) is 58.8 Å². The summed E-state index contributed by atoms with van der Waals surface area (Å²) in [5.41, 5.74) is 1.68. The SMILES string of the molecule is CCCCOc1ccc(C2/C(=C(\O)c3ccccc3)C(=O)C(=O)N2c2nc3ccc(OCC)cc3s2)cc1OCC. The Balaban J connectivity index is 1.67. The molecule has 8 nitrogen and oxygen atoms in total. The second-order valence-electron chi connectivity index (χ2n) is 9.44. The maximum atomic E-state index is 13.7. The number of aromatic nitrogens is 1. The molecule has 1 atom stereocenters. The number of aliphatic hydroxyl groups is 1. The molecule has 0 bridgehead atoms. The number of ether oxygens (including phenoxy) is 3. The van der Waals surface area contributed by atoms with Gasteiger partial charge in [-0.05, 0) is 56.2 Å². The first-order valence-corrected chi connectivity index (χ1v) is 14.6. The summed E-state index contributed by atoms with van der Waals surface area (Å²) in [6, 6.07) is 18.7. The van der Waals surface area contributed by atoms with Crippen LogP contribution in [0.25, 0.3) is 16.0 Å². The summed E-state index contributed by atoms with van der Waals surface area (Å²) >= 11 is 1.28. The summed E-state index contributed by atoms with van der Waals surface area (Å²) < 4.78 is 18.3. The Labute approximate surface area is 242 Å².